The van der Waals surface area contributed by atoms with Gasteiger partial charge in [0.05, 0.1) is 5.69 Å². The summed E-state index contributed by atoms with van der Waals surface area (Å²) < 4.78 is 0. The summed E-state index contributed by atoms with van der Waals surface area (Å²) in [5.41, 5.74) is 3.38. The number of hydrogen-bond donors (Lipinski definition) is 1. The Bertz CT molecular complexity index is 840. The van der Waals surface area contributed by atoms with E-state index in [2.05, 4.69) is 15.3 Å². The van der Waals surface area contributed by atoms with E-state index in [1.807, 2.05) is 49.7 Å². The van der Waals surface area contributed by atoms with Gasteiger partial charge in [-0.25, -0.2) is 9.97 Å². The summed E-state index contributed by atoms with van der Waals surface area (Å²) in [6.07, 6.45) is 14.6. The lowest BCUT2D eigenvalue weighted by atomic mass is 9.79. The minimum Gasteiger partial charge on any atom is -0.356 e. The van der Waals surface area contributed by atoms with E-state index < -0.39 is 0 Å². The van der Waals surface area contributed by atoms with Crippen LogP contribution in [0.2, 0.25) is 0 Å². The Kier molecular flexibility index (Phi) is 6.60. The van der Waals surface area contributed by atoms with Crippen molar-refractivity contribution in [1.82, 2.24) is 20.3 Å². The molecule has 2 saturated carbocycles. The number of rotatable bonds is 6. The van der Waals surface area contributed by atoms with Gasteiger partial charge in [0.15, 0.2) is 0 Å². The maximum absolute atomic E-state index is 12.3. The maximum Gasteiger partial charge on any atom is 0.225 e. The van der Waals surface area contributed by atoms with Gasteiger partial charge in [0.2, 0.25) is 11.9 Å². The number of nitrogens with zero attached hydrogens (tertiary/aromatic N) is 4. The molecule has 30 heavy (non-hydrogen) atoms. The van der Waals surface area contributed by atoms with Crippen molar-refractivity contribution in [3.63, 3.8) is 0 Å². The van der Waals surface area contributed by atoms with E-state index in [1.54, 1.807) is 0 Å². The number of carbonyl (C=O) groups excluding carboxylic acids is 1. The first kappa shape index (κ1) is 20.8. The lowest BCUT2D eigenvalue weighted by molar-refractivity contribution is -0.125. The molecule has 6 nitrogen and oxygen atoms in total. The van der Waals surface area contributed by atoms with Gasteiger partial charge in [0.25, 0.3) is 0 Å². The molecule has 0 spiro atoms. The molecule has 4 rings (SSSR count). The average Bonchev–Trinajstić information content (AvgIpc) is 3.33. The molecular weight excluding hydrogens is 374 g/mol. The number of pyridine rings is 1. The molecule has 6 heteroatoms. The van der Waals surface area contributed by atoms with Crippen molar-refractivity contribution < 1.29 is 4.79 Å². The van der Waals surface area contributed by atoms with Crippen LogP contribution in [0, 0.1) is 11.8 Å². The van der Waals surface area contributed by atoms with Crippen molar-refractivity contribution in [2.45, 2.75) is 57.3 Å². The van der Waals surface area contributed by atoms with E-state index in [1.165, 1.54) is 12.8 Å². The standard InChI is InChI=1S/C24H33N5O/c1-29(2)24-27-16-21(18-11-13-25-14-12-18)22(28-24)19-9-7-17(8-10-19)15-26-23(30)20-5-3-4-6-20/h11-14,16-17,19-20H,3-10,15H2,1-2H3,(H,26,30). The quantitative estimate of drug-likeness (QED) is 0.778. The second-order valence-corrected chi connectivity index (χ2v) is 9.04. The minimum absolute atomic E-state index is 0.259. The Morgan fingerprint density at radius 2 is 1.77 bits per heavy atom. The van der Waals surface area contributed by atoms with Crippen LogP contribution < -0.4 is 10.2 Å². The smallest absolute Gasteiger partial charge is 0.225 e. The van der Waals surface area contributed by atoms with Crippen molar-refractivity contribution in [1.29, 1.82) is 0 Å². The van der Waals surface area contributed by atoms with Crippen LogP contribution in [0.25, 0.3) is 11.1 Å². The van der Waals surface area contributed by atoms with Crippen molar-refractivity contribution in [2.24, 2.45) is 11.8 Å². The SMILES string of the molecule is CN(C)c1ncc(-c2ccncc2)c(C2CCC(CNC(=O)C3CCCC3)CC2)n1. The first-order chi connectivity index (χ1) is 14.6. The first-order valence-corrected chi connectivity index (χ1v) is 11.3. The van der Waals surface area contributed by atoms with E-state index in [0.717, 1.165) is 67.8 Å². The maximum atomic E-state index is 12.3. The summed E-state index contributed by atoms with van der Waals surface area (Å²) in [5, 5.41) is 3.23. The lowest BCUT2D eigenvalue weighted by Gasteiger charge is -2.30. The topological polar surface area (TPSA) is 71.0 Å². The number of carbonyl (C=O) groups is 1. The molecule has 0 unspecified atom stereocenters. The van der Waals surface area contributed by atoms with Gasteiger partial charge in [-0.2, -0.15) is 0 Å². The average molecular weight is 408 g/mol. The third kappa shape index (κ3) is 4.79. The molecule has 1 N–H and O–H groups in total. The van der Waals surface area contributed by atoms with Gasteiger partial charge in [-0.1, -0.05) is 12.8 Å². The molecule has 0 bridgehead atoms. The predicted octanol–water partition coefficient (Wildman–Crippen LogP) is 4.18. The van der Waals surface area contributed by atoms with Gasteiger partial charge in [-0.15, -0.1) is 0 Å². The molecule has 2 fully saturated rings. The number of nitrogens with one attached hydrogen (secondary N) is 1. The first-order valence-electron chi connectivity index (χ1n) is 11.3. The molecule has 2 aliphatic carbocycles. The van der Waals surface area contributed by atoms with Crippen molar-refractivity contribution in [3.8, 4) is 11.1 Å². The molecule has 1 amide bonds. The number of amides is 1. The molecule has 0 atom stereocenters. The van der Waals surface area contributed by atoms with Gasteiger partial charge in [0, 0.05) is 56.6 Å². The highest BCUT2D eigenvalue weighted by molar-refractivity contribution is 5.78. The van der Waals surface area contributed by atoms with Crippen molar-refractivity contribution in [2.75, 3.05) is 25.5 Å². The third-order valence-electron chi connectivity index (χ3n) is 6.72. The monoisotopic (exact) mass is 407 g/mol. The molecule has 0 aromatic carbocycles. The Balaban J connectivity index is 1.42. The molecule has 0 aliphatic heterocycles. The fourth-order valence-corrected chi connectivity index (χ4v) is 4.88. The predicted molar refractivity (Wildman–Crippen MR) is 119 cm³/mol. The fourth-order valence-electron chi connectivity index (χ4n) is 4.88. The van der Waals surface area contributed by atoms with E-state index in [-0.39, 0.29) is 11.8 Å². The molecule has 160 valence electrons. The number of anilines is 1. The van der Waals surface area contributed by atoms with Crippen LogP contribution >= 0.6 is 0 Å². The van der Waals surface area contributed by atoms with Crippen LogP contribution in [0.5, 0.6) is 0 Å². The second kappa shape index (κ2) is 9.54. The molecule has 2 heterocycles. The summed E-state index contributed by atoms with van der Waals surface area (Å²) in [6, 6.07) is 4.06. The van der Waals surface area contributed by atoms with Crippen molar-refractivity contribution in [3.05, 3.63) is 36.4 Å². The zero-order chi connectivity index (χ0) is 20.9. The second-order valence-electron chi connectivity index (χ2n) is 9.04. The minimum atomic E-state index is 0.259. The van der Waals surface area contributed by atoms with E-state index in [0.29, 0.717) is 11.8 Å². The lowest BCUT2D eigenvalue weighted by Crippen LogP contribution is -2.34. The summed E-state index contributed by atoms with van der Waals surface area (Å²) >= 11 is 0. The highest BCUT2D eigenvalue weighted by Gasteiger charge is 2.28. The van der Waals surface area contributed by atoms with Gasteiger partial charge in [-0.3, -0.25) is 9.78 Å². The highest BCUT2D eigenvalue weighted by Crippen LogP contribution is 2.39. The number of hydrogen-bond acceptors (Lipinski definition) is 5. The summed E-state index contributed by atoms with van der Waals surface area (Å²) in [6.45, 7) is 0.825. The number of aromatic nitrogens is 3. The normalized spacial score (nSPS) is 22.1. The largest absolute Gasteiger partial charge is 0.356 e. The van der Waals surface area contributed by atoms with Crippen LogP contribution in [0.4, 0.5) is 5.95 Å². The Morgan fingerprint density at radius 3 is 2.43 bits per heavy atom. The Labute approximate surface area is 179 Å². The van der Waals surface area contributed by atoms with Gasteiger partial charge in [0.1, 0.15) is 0 Å². The van der Waals surface area contributed by atoms with E-state index in [4.69, 9.17) is 4.98 Å². The summed E-state index contributed by atoms with van der Waals surface area (Å²) in [5.74, 6) is 2.30. The van der Waals surface area contributed by atoms with Gasteiger partial charge >= 0.3 is 0 Å². The molecule has 0 radical (unpaired) electrons. The van der Waals surface area contributed by atoms with E-state index in [9.17, 15) is 4.79 Å². The summed E-state index contributed by atoms with van der Waals surface area (Å²) in [4.78, 5) is 28.0. The van der Waals surface area contributed by atoms with Crippen LogP contribution in [-0.4, -0.2) is 41.5 Å². The third-order valence-corrected chi connectivity index (χ3v) is 6.72. The summed E-state index contributed by atoms with van der Waals surface area (Å²) in [7, 11) is 3.96. The van der Waals surface area contributed by atoms with Crippen LogP contribution in [0.15, 0.2) is 30.7 Å². The van der Waals surface area contributed by atoms with Crippen LogP contribution in [0.3, 0.4) is 0 Å². The molecule has 2 aromatic heterocycles. The van der Waals surface area contributed by atoms with Gasteiger partial charge < -0.3 is 10.2 Å². The molecule has 2 aromatic rings. The van der Waals surface area contributed by atoms with Gasteiger partial charge in [-0.05, 0) is 62.1 Å². The highest BCUT2D eigenvalue weighted by atomic mass is 16.1. The zero-order valence-electron chi connectivity index (χ0n) is 18.2. The Morgan fingerprint density at radius 1 is 1.07 bits per heavy atom. The fraction of sp³-hybridized carbons (Fsp3) is 0.583. The van der Waals surface area contributed by atoms with E-state index >= 15 is 0 Å². The molecular formula is C24H33N5O. The Hall–Kier alpha value is -2.50. The zero-order valence-corrected chi connectivity index (χ0v) is 18.2. The molecule has 2 aliphatic rings. The van der Waals surface area contributed by atoms with Crippen molar-refractivity contribution >= 4 is 11.9 Å². The molecule has 0 saturated heterocycles. The van der Waals surface area contributed by atoms with Crippen LogP contribution in [-0.2, 0) is 4.79 Å². The van der Waals surface area contributed by atoms with Crippen LogP contribution in [0.1, 0.15) is 63.0 Å².